The van der Waals surface area contributed by atoms with Crippen molar-refractivity contribution in [3.05, 3.63) is 75.9 Å². The SMILES string of the molecule is CN1CCN(c2ncc(C(=O)N(C)Cc3cc(C(F)(F)F)cc(C(F)(F)F)c3)c(-c3ccccc3Cl)n2)CC1.CN1CCNCC1. The molecule has 2 aliphatic heterocycles. The number of piperazine rings is 2. The average Bonchev–Trinajstić information content (AvgIpc) is 3.01. The molecule has 2 aromatic carbocycles. The minimum atomic E-state index is -5.00. The maximum absolute atomic E-state index is 13.5. The minimum Gasteiger partial charge on any atom is -0.338 e. The van der Waals surface area contributed by atoms with Gasteiger partial charge in [-0.05, 0) is 43.9 Å². The second kappa shape index (κ2) is 15.0. The van der Waals surface area contributed by atoms with E-state index in [2.05, 4.69) is 32.1 Å². The number of benzene rings is 2. The van der Waals surface area contributed by atoms with Gasteiger partial charge in [-0.3, -0.25) is 4.79 Å². The molecule has 0 atom stereocenters. The summed E-state index contributed by atoms with van der Waals surface area (Å²) >= 11 is 6.40. The van der Waals surface area contributed by atoms with Crippen LogP contribution < -0.4 is 10.2 Å². The summed E-state index contributed by atoms with van der Waals surface area (Å²) in [5.74, 6) is -0.314. The van der Waals surface area contributed by atoms with E-state index < -0.39 is 35.9 Å². The lowest BCUT2D eigenvalue weighted by molar-refractivity contribution is -0.143. The van der Waals surface area contributed by atoms with Crippen molar-refractivity contribution in [3.63, 3.8) is 0 Å². The molecule has 2 saturated heterocycles. The summed E-state index contributed by atoms with van der Waals surface area (Å²) in [4.78, 5) is 29.9. The molecule has 1 amide bonds. The molecule has 0 spiro atoms. The molecule has 0 radical (unpaired) electrons. The van der Waals surface area contributed by atoms with Crippen molar-refractivity contribution in [2.75, 3.05) is 78.4 Å². The van der Waals surface area contributed by atoms with Crippen molar-refractivity contribution < 1.29 is 31.1 Å². The van der Waals surface area contributed by atoms with E-state index in [0.29, 0.717) is 41.8 Å². The van der Waals surface area contributed by atoms with Gasteiger partial charge in [0.1, 0.15) is 0 Å². The number of anilines is 1. The minimum absolute atomic E-state index is 0.00602. The second-order valence-electron chi connectivity index (χ2n) is 11.3. The van der Waals surface area contributed by atoms with Gasteiger partial charge in [0, 0.05) is 82.7 Å². The number of hydrogen-bond acceptors (Lipinski definition) is 7. The molecule has 2 fully saturated rings. The molecule has 1 aromatic heterocycles. The van der Waals surface area contributed by atoms with Crippen molar-refractivity contribution in [1.82, 2.24) is 30.0 Å². The van der Waals surface area contributed by atoms with Gasteiger partial charge in [0.15, 0.2) is 0 Å². The van der Waals surface area contributed by atoms with Gasteiger partial charge in [-0.1, -0.05) is 29.8 Å². The fourth-order valence-corrected chi connectivity index (χ4v) is 5.21. The number of carbonyl (C=O) groups excluding carboxylic acids is 1. The molecule has 0 bridgehead atoms. The van der Waals surface area contributed by atoms with Crippen LogP contribution >= 0.6 is 11.6 Å². The summed E-state index contributed by atoms with van der Waals surface area (Å²) in [6, 6.07) is 7.94. The van der Waals surface area contributed by atoms with E-state index in [9.17, 15) is 31.1 Å². The maximum atomic E-state index is 13.5. The Hall–Kier alpha value is -3.46. The van der Waals surface area contributed by atoms with E-state index in [1.54, 1.807) is 24.3 Å². The lowest BCUT2D eigenvalue weighted by atomic mass is 10.0. The Morgan fingerprint density at radius 3 is 1.98 bits per heavy atom. The van der Waals surface area contributed by atoms with Crippen LogP contribution in [0, 0.1) is 0 Å². The van der Waals surface area contributed by atoms with Crippen LogP contribution in [0.2, 0.25) is 5.02 Å². The number of aromatic nitrogens is 2. The number of carbonyl (C=O) groups is 1. The monoisotopic (exact) mass is 671 g/mol. The molecule has 1 N–H and O–H groups in total. The van der Waals surface area contributed by atoms with Crippen LogP contribution in [0.1, 0.15) is 27.0 Å². The fraction of sp³-hybridized carbons (Fsp3) is 0.452. The summed E-state index contributed by atoms with van der Waals surface area (Å²) in [6.07, 6.45) is -8.68. The Morgan fingerprint density at radius 1 is 0.891 bits per heavy atom. The van der Waals surface area contributed by atoms with Gasteiger partial charge in [0.25, 0.3) is 5.91 Å². The zero-order valence-corrected chi connectivity index (χ0v) is 26.5. The second-order valence-corrected chi connectivity index (χ2v) is 11.7. The first-order valence-corrected chi connectivity index (χ1v) is 15.0. The van der Waals surface area contributed by atoms with Crippen molar-refractivity contribution in [3.8, 4) is 11.3 Å². The van der Waals surface area contributed by atoms with Crippen LogP contribution in [0.5, 0.6) is 0 Å². The van der Waals surface area contributed by atoms with Gasteiger partial charge in [-0.15, -0.1) is 0 Å². The molecule has 0 unspecified atom stereocenters. The predicted molar refractivity (Wildman–Crippen MR) is 165 cm³/mol. The zero-order valence-electron chi connectivity index (χ0n) is 25.7. The van der Waals surface area contributed by atoms with Gasteiger partial charge in [0.05, 0.1) is 22.4 Å². The molecule has 0 saturated carbocycles. The number of amides is 1. The van der Waals surface area contributed by atoms with E-state index in [-0.39, 0.29) is 22.9 Å². The summed E-state index contributed by atoms with van der Waals surface area (Å²) in [5, 5.41) is 3.58. The van der Waals surface area contributed by atoms with Gasteiger partial charge < -0.3 is 24.9 Å². The number of nitrogens with one attached hydrogen (secondary N) is 1. The van der Waals surface area contributed by atoms with E-state index in [4.69, 9.17) is 11.6 Å². The molecule has 250 valence electrons. The van der Waals surface area contributed by atoms with E-state index in [0.717, 1.165) is 31.1 Å². The molecule has 3 heterocycles. The molecule has 5 rings (SSSR count). The normalized spacial score (nSPS) is 16.5. The van der Waals surface area contributed by atoms with Crippen LogP contribution in [0.15, 0.2) is 48.7 Å². The highest BCUT2D eigenvalue weighted by Gasteiger charge is 2.37. The molecule has 8 nitrogen and oxygen atoms in total. The first kappa shape index (κ1) is 35.4. The number of alkyl halides is 6. The van der Waals surface area contributed by atoms with Crippen molar-refractivity contribution in [2.45, 2.75) is 18.9 Å². The highest BCUT2D eigenvalue weighted by Crippen LogP contribution is 2.37. The smallest absolute Gasteiger partial charge is 0.338 e. The highest BCUT2D eigenvalue weighted by atomic mass is 35.5. The third-order valence-electron chi connectivity index (χ3n) is 7.68. The Bertz CT molecular complexity index is 1460. The topological polar surface area (TPSA) is 67.8 Å². The molecule has 15 heteroatoms. The summed E-state index contributed by atoms with van der Waals surface area (Å²) in [6.45, 7) is 7.10. The lowest BCUT2D eigenvalue weighted by Crippen LogP contribution is -2.45. The van der Waals surface area contributed by atoms with Crippen LogP contribution in [-0.4, -0.2) is 104 Å². The largest absolute Gasteiger partial charge is 0.416 e. The van der Waals surface area contributed by atoms with Gasteiger partial charge in [-0.25, -0.2) is 9.97 Å². The summed E-state index contributed by atoms with van der Waals surface area (Å²) < 4.78 is 79.8. The van der Waals surface area contributed by atoms with Crippen LogP contribution in [-0.2, 0) is 18.9 Å². The van der Waals surface area contributed by atoms with Gasteiger partial charge in [0.2, 0.25) is 5.95 Å². The van der Waals surface area contributed by atoms with E-state index >= 15 is 0 Å². The lowest BCUT2D eigenvalue weighted by Gasteiger charge is -2.32. The quantitative estimate of drug-likeness (QED) is 0.366. The number of halogens is 7. The third kappa shape index (κ3) is 9.30. The van der Waals surface area contributed by atoms with Crippen molar-refractivity contribution >= 4 is 23.5 Å². The first-order chi connectivity index (χ1) is 21.6. The predicted octanol–water partition coefficient (Wildman–Crippen LogP) is 5.38. The Labute approximate surface area is 269 Å². The van der Waals surface area contributed by atoms with Crippen molar-refractivity contribution in [1.29, 1.82) is 0 Å². The first-order valence-electron chi connectivity index (χ1n) is 14.6. The number of hydrogen-bond donors (Lipinski definition) is 1. The average molecular weight is 672 g/mol. The standard InChI is InChI=1S/C26H24ClF6N5O.C5H12N2/c1-36-7-9-38(10-8-36)24-34-14-20(22(35-24)19-5-3-4-6-21(19)27)23(39)37(2)15-16-11-17(25(28,29)30)13-18(12-16)26(31,32)33;1-7-4-2-6-3-5-7/h3-6,11-14H,7-10,15H2,1-2H3;6H,2-5H2,1H3. The molecule has 46 heavy (non-hydrogen) atoms. The number of likely N-dealkylation sites (N-methyl/N-ethyl adjacent to an activating group) is 2. The van der Waals surface area contributed by atoms with Gasteiger partial charge >= 0.3 is 12.4 Å². The summed E-state index contributed by atoms with van der Waals surface area (Å²) in [7, 11) is 5.43. The number of nitrogens with zero attached hydrogens (tertiary/aromatic N) is 6. The Morgan fingerprint density at radius 2 is 1.46 bits per heavy atom. The van der Waals surface area contributed by atoms with Gasteiger partial charge in [-0.2, -0.15) is 26.3 Å². The maximum Gasteiger partial charge on any atom is 0.416 e. The fourth-order valence-electron chi connectivity index (χ4n) is 4.98. The van der Waals surface area contributed by atoms with Crippen LogP contribution in [0.4, 0.5) is 32.3 Å². The van der Waals surface area contributed by atoms with Crippen LogP contribution in [0.25, 0.3) is 11.3 Å². The van der Waals surface area contributed by atoms with E-state index in [1.807, 2.05) is 11.9 Å². The van der Waals surface area contributed by atoms with Crippen molar-refractivity contribution in [2.24, 2.45) is 0 Å². The molecule has 0 aliphatic carbocycles. The van der Waals surface area contributed by atoms with E-state index in [1.165, 1.54) is 26.3 Å². The molecular formula is C31H36ClF6N7O. The Balaban J connectivity index is 0.000000606. The molecular weight excluding hydrogens is 636 g/mol. The molecule has 2 aliphatic rings. The third-order valence-corrected chi connectivity index (χ3v) is 8.01. The zero-order chi connectivity index (χ0) is 33.6. The van der Waals surface area contributed by atoms with Crippen LogP contribution in [0.3, 0.4) is 0 Å². The number of rotatable bonds is 5. The Kier molecular flexibility index (Phi) is 11.5. The summed E-state index contributed by atoms with van der Waals surface area (Å²) in [5.41, 5.74) is -2.59. The molecule has 3 aromatic rings. The highest BCUT2D eigenvalue weighted by molar-refractivity contribution is 6.33.